The van der Waals surface area contributed by atoms with Crippen LogP contribution in [0.15, 0.2) is 24.3 Å². The smallest absolute Gasteiger partial charge is 0.206 e. The Labute approximate surface area is 189 Å². The summed E-state index contributed by atoms with van der Waals surface area (Å²) in [6, 6.07) is 3.56. The normalized spacial score (nSPS) is 18.7. The van der Waals surface area contributed by atoms with Crippen LogP contribution in [0.25, 0.3) is 11.1 Å². The minimum Gasteiger partial charge on any atom is -0.206 e. The van der Waals surface area contributed by atoms with E-state index >= 15 is 0 Å². The summed E-state index contributed by atoms with van der Waals surface area (Å²) in [4.78, 5) is 0. The molecule has 1 saturated carbocycles. The molecule has 178 valence electrons. The highest BCUT2D eigenvalue weighted by atomic mass is 19.4. The molecule has 1 fully saturated rings. The molecule has 0 bridgehead atoms. The van der Waals surface area contributed by atoms with Crippen molar-refractivity contribution in [3.8, 4) is 23.0 Å². The first-order valence-corrected chi connectivity index (χ1v) is 11.2. The number of halogens is 7. The van der Waals surface area contributed by atoms with Crippen molar-refractivity contribution in [2.75, 3.05) is 0 Å². The first kappa shape index (κ1) is 25.1. The summed E-state index contributed by atoms with van der Waals surface area (Å²) in [6.07, 6.45) is 3.44. The Morgan fingerprint density at radius 2 is 1.39 bits per heavy atom. The molecule has 0 aliphatic heterocycles. The predicted molar refractivity (Wildman–Crippen MR) is 113 cm³/mol. The van der Waals surface area contributed by atoms with Crippen LogP contribution in [0, 0.1) is 41.0 Å². The Morgan fingerprint density at radius 3 is 1.91 bits per heavy atom. The van der Waals surface area contributed by atoms with Crippen molar-refractivity contribution < 1.29 is 30.7 Å². The lowest BCUT2D eigenvalue weighted by Gasteiger charge is -2.29. The van der Waals surface area contributed by atoms with E-state index < -0.39 is 46.1 Å². The number of hydrogen-bond acceptors (Lipinski definition) is 0. The van der Waals surface area contributed by atoms with Crippen molar-refractivity contribution in [2.45, 2.75) is 70.4 Å². The van der Waals surface area contributed by atoms with Gasteiger partial charge in [0.05, 0.1) is 11.1 Å². The third-order valence-corrected chi connectivity index (χ3v) is 6.26. The molecule has 0 atom stereocenters. The average Bonchev–Trinajstić information content (AvgIpc) is 2.72. The molecule has 0 radical (unpaired) electrons. The third kappa shape index (κ3) is 6.52. The van der Waals surface area contributed by atoms with Crippen molar-refractivity contribution in [3.05, 3.63) is 58.7 Å². The molecule has 0 amide bonds. The summed E-state index contributed by atoms with van der Waals surface area (Å²) in [5.41, 5.74) is -1.66. The van der Waals surface area contributed by atoms with E-state index in [1.807, 2.05) is 0 Å². The van der Waals surface area contributed by atoms with E-state index in [9.17, 15) is 30.7 Å². The second-order valence-corrected chi connectivity index (χ2v) is 8.64. The Kier molecular flexibility index (Phi) is 8.10. The quantitative estimate of drug-likeness (QED) is 0.225. The van der Waals surface area contributed by atoms with Crippen molar-refractivity contribution in [3.63, 3.8) is 0 Å². The van der Waals surface area contributed by atoms with Gasteiger partial charge in [0.1, 0.15) is 23.3 Å². The van der Waals surface area contributed by atoms with Gasteiger partial charge in [0.15, 0.2) is 0 Å². The van der Waals surface area contributed by atoms with Crippen LogP contribution in [0.2, 0.25) is 0 Å². The van der Waals surface area contributed by atoms with Gasteiger partial charge >= 0.3 is 6.18 Å². The van der Waals surface area contributed by atoms with Crippen LogP contribution < -0.4 is 0 Å². The number of hydrogen-bond donors (Lipinski definition) is 0. The lowest BCUT2D eigenvalue weighted by molar-refractivity contribution is -0.0696. The van der Waals surface area contributed by atoms with Crippen molar-refractivity contribution >= 4 is 0 Å². The monoisotopic (exact) mass is 470 g/mol. The van der Waals surface area contributed by atoms with Crippen LogP contribution in [-0.2, 0) is 0 Å². The summed E-state index contributed by atoms with van der Waals surface area (Å²) in [7, 11) is 0. The molecule has 33 heavy (non-hydrogen) atoms. The highest BCUT2D eigenvalue weighted by molar-refractivity contribution is 5.67. The van der Waals surface area contributed by atoms with E-state index in [0.29, 0.717) is 23.6 Å². The molecule has 0 N–H and O–H groups in total. The van der Waals surface area contributed by atoms with Crippen molar-refractivity contribution in [1.82, 2.24) is 0 Å². The van der Waals surface area contributed by atoms with Gasteiger partial charge in [0, 0.05) is 5.92 Å². The minimum atomic E-state index is -4.93. The van der Waals surface area contributed by atoms with Crippen LogP contribution in [0.1, 0.15) is 75.3 Å². The maximum Gasteiger partial charge on any atom is 0.458 e. The molecule has 0 aromatic heterocycles. The zero-order chi connectivity index (χ0) is 24.2. The summed E-state index contributed by atoms with van der Waals surface area (Å²) < 4.78 is 94.7. The Bertz CT molecular complexity index is 989. The minimum absolute atomic E-state index is 0.0129. The summed E-state index contributed by atoms with van der Waals surface area (Å²) in [5.74, 6) is -1.97. The van der Waals surface area contributed by atoms with Crippen LogP contribution in [0.5, 0.6) is 0 Å². The fourth-order valence-electron chi connectivity index (χ4n) is 4.54. The van der Waals surface area contributed by atoms with E-state index in [1.165, 1.54) is 37.3 Å². The summed E-state index contributed by atoms with van der Waals surface area (Å²) in [5, 5.41) is 0. The van der Waals surface area contributed by atoms with Gasteiger partial charge in [-0.25, -0.2) is 17.6 Å². The van der Waals surface area contributed by atoms with Gasteiger partial charge in [-0.3, -0.25) is 0 Å². The molecule has 1 aliphatic rings. The Morgan fingerprint density at radius 1 is 0.818 bits per heavy atom. The topological polar surface area (TPSA) is 0 Å². The molecule has 2 aromatic carbocycles. The van der Waals surface area contributed by atoms with Crippen LogP contribution in [0.3, 0.4) is 0 Å². The first-order valence-electron chi connectivity index (χ1n) is 11.2. The number of unbranched alkanes of at least 4 members (excludes halogenated alkanes) is 2. The average molecular weight is 470 g/mol. The number of rotatable bonds is 6. The van der Waals surface area contributed by atoms with E-state index in [1.54, 1.807) is 0 Å². The molecule has 0 nitrogen and oxygen atoms in total. The molecule has 0 saturated heterocycles. The number of benzene rings is 2. The Hall–Kier alpha value is -2.49. The van der Waals surface area contributed by atoms with E-state index in [4.69, 9.17) is 0 Å². The maximum absolute atomic E-state index is 14.8. The maximum atomic E-state index is 14.8. The van der Waals surface area contributed by atoms with Gasteiger partial charge < -0.3 is 0 Å². The summed E-state index contributed by atoms with van der Waals surface area (Å²) >= 11 is 0. The second-order valence-electron chi connectivity index (χ2n) is 8.64. The molecule has 0 unspecified atom stereocenters. The molecule has 3 rings (SSSR count). The van der Waals surface area contributed by atoms with Crippen LogP contribution in [-0.4, -0.2) is 6.18 Å². The van der Waals surface area contributed by atoms with Gasteiger partial charge in [-0.2, -0.15) is 13.2 Å². The number of alkyl halides is 3. The molecule has 1 aliphatic carbocycles. The van der Waals surface area contributed by atoms with Crippen LogP contribution in [0.4, 0.5) is 30.7 Å². The zero-order valence-electron chi connectivity index (χ0n) is 18.3. The predicted octanol–water partition coefficient (Wildman–Crippen LogP) is 8.68. The molecule has 0 spiro atoms. The molecule has 7 heteroatoms. The highest BCUT2D eigenvalue weighted by Crippen LogP contribution is 2.40. The van der Waals surface area contributed by atoms with Gasteiger partial charge in [0.25, 0.3) is 0 Å². The van der Waals surface area contributed by atoms with Gasteiger partial charge in [-0.05, 0) is 72.9 Å². The zero-order valence-corrected chi connectivity index (χ0v) is 18.3. The Balaban J connectivity index is 1.80. The van der Waals surface area contributed by atoms with E-state index in [-0.39, 0.29) is 5.92 Å². The first-order chi connectivity index (χ1) is 15.6. The van der Waals surface area contributed by atoms with E-state index in [2.05, 4.69) is 6.92 Å². The van der Waals surface area contributed by atoms with Gasteiger partial charge in [0.2, 0.25) is 0 Å². The van der Waals surface area contributed by atoms with E-state index in [0.717, 1.165) is 38.0 Å². The highest BCUT2D eigenvalue weighted by Gasteiger charge is 2.26. The fourth-order valence-corrected chi connectivity index (χ4v) is 4.54. The lowest BCUT2D eigenvalue weighted by Crippen LogP contribution is -2.14. The van der Waals surface area contributed by atoms with Crippen LogP contribution >= 0.6 is 0 Å². The summed E-state index contributed by atoms with van der Waals surface area (Å²) in [6.45, 7) is 2.16. The molecule has 2 aromatic rings. The molecular weight excluding hydrogens is 445 g/mol. The SMILES string of the molecule is CCCCCC1CCC(c2cc(F)c(-c3cc(F)c(C#CC(F)(F)F)c(F)c3)c(F)c2)CC1. The standard InChI is InChI=1S/C26H25F7/c1-2-3-4-5-16-6-8-17(9-7-16)18-12-23(29)25(24(30)13-18)19-14-21(27)20(22(28)15-19)10-11-26(31,32)33/h12-17H,2-9H2,1H3. The lowest BCUT2D eigenvalue weighted by atomic mass is 9.77. The molecule has 0 heterocycles. The van der Waals surface area contributed by atoms with Gasteiger partial charge in [-0.1, -0.05) is 38.5 Å². The fraction of sp³-hybridized carbons (Fsp3) is 0.462. The van der Waals surface area contributed by atoms with Crippen molar-refractivity contribution in [1.29, 1.82) is 0 Å². The van der Waals surface area contributed by atoms with Crippen molar-refractivity contribution in [2.24, 2.45) is 5.92 Å². The largest absolute Gasteiger partial charge is 0.458 e. The van der Waals surface area contributed by atoms with Gasteiger partial charge in [-0.15, -0.1) is 0 Å². The second kappa shape index (κ2) is 10.6. The molecular formula is C26H25F7. The third-order valence-electron chi connectivity index (χ3n) is 6.26.